The Kier molecular flexibility index (Phi) is 6.03. The molecule has 0 saturated heterocycles. The number of hydrogen-bond donors (Lipinski definition) is 2. The zero-order chi connectivity index (χ0) is 19.2. The molecule has 0 unspecified atom stereocenters. The minimum atomic E-state index is -0.790. The molecule has 27 heavy (non-hydrogen) atoms. The van der Waals surface area contributed by atoms with E-state index in [-0.39, 0.29) is 12.5 Å². The summed E-state index contributed by atoms with van der Waals surface area (Å²) in [5.74, 6) is -0.876. The average molecular weight is 384 g/mol. The van der Waals surface area contributed by atoms with Crippen LogP contribution in [0.1, 0.15) is 39.7 Å². The quantitative estimate of drug-likeness (QED) is 0.769. The van der Waals surface area contributed by atoms with Gasteiger partial charge in [0.05, 0.1) is 12.2 Å². The van der Waals surface area contributed by atoms with Crippen molar-refractivity contribution in [3.05, 3.63) is 58.0 Å². The van der Waals surface area contributed by atoms with E-state index in [1.807, 2.05) is 30.3 Å². The summed E-state index contributed by atoms with van der Waals surface area (Å²) in [5, 5.41) is 5.46. The highest BCUT2D eigenvalue weighted by molar-refractivity contribution is 7.17. The first-order chi connectivity index (χ1) is 13.1. The molecular weight excluding hydrogens is 364 g/mol. The van der Waals surface area contributed by atoms with Gasteiger partial charge in [-0.15, -0.1) is 11.3 Å². The van der Waals surface area contributed by atoms with Gasteiger partial charge in [0.1, 0.15) is 5.00 Å². The number of carbonyl (C=O) groups is 3. The van der Waals surface area contributed by atoms with E-state index in [0.29, 0.717) is 10.6 Å². The van der Waals surface area contributed by atoms with Crippen molar-refractivity contribution in [3.63, 3.8) is 0 Å². The highest BCUT2D eigenvalue weighted by atomic mass is 32.1. The fraction of sp³-hybridized carbons (Fsp3) is 0.250. The fourth-order valence-electron chi connectivity index (χ4n) is 2.94. The van der Waals surface area contributed by atoms with Gasteiger partial charge in [0, 0.05) is 11.0 Å². The number of carbonyl (C=O) groups excluding carboxylic acids is 3. The van der Waals surface area contributed by atoms with Crippen molar-refractivity contribution in [1.82, 2.24) is 5.32 Å². The number of alkyl carbamates (subject to hydrolysis) is 1. The topological polar surface area (TPSA) is 84.5 Å². The summed E-state index contributed by atoms with van der Waals surface area (Å²) in [5.41, 5.74) is 2.17. The van der Waals surface area contributed by atoms with Crippen LogP contribution in [-0.4, -0.2) is 24.5 Å². The largest absolute Gasteiger partial charge is 0.450 e. The van der Waals surface area contributed by atoms with Gasteiger partial charge in [-0.1, -0.05) is 30.3 Å². The number of hydrogen-bond acceptors (Lipinski definition) is 5. The molecule has 0 fully saturated rings. The number of benzene rings is 1. The Balaban J connectivity index is 1.77. The first-order valence-corrected chi connectivity index (χ1v) is 9.57. The van der Waals surface area contributed by atoms with Crippen LogP contribution in [0.25, 0.3) is 6.08 Å². The molecule has 1 aromatic carbocycles. The van der Waals surface area contributed by atoms with Crippen LogP contribution >= 0.6 is 11.3 Å². The normalized spacial score (nSPS) is 12.6. The van der Waals surface area contributed by atoms with Crippen molar-refractivity contribution in [2.45, 2.75) is 26.2 Å². The van der Waals surface area contributed by atoms with Gasteiger partial charge >= 0.3 is 6.09 Å². The van der Waals surface area contributed by atoms with Crippen LogP contribution in [0.2, 0.25) is 0 Å². The van der Waals surface area contributed by atoms with Crippen molar-refractivity contribution >= 4 is 40.3 Å². The van der Waals surface area contributed by atoms with E-state index in [9.17, 15) is 14.4 Å². The second-order valence-electron chi connectivity index (χ2n) is 5.97. The molecule has 3 amide bonds. The third-order valence-electron chi connectivity index (χ3n) is 4.10. The van der Waals surface area contributed by atoms with Crippen molar-refractivity contribution in [3.8, 4) is 0 Å². The van der Waals surface area contributed by atoms with E-state index < -0.39 is 12.0 Å². The lowest BCUT2D eigenvalue weighted by Crippen LogP contribution is -2.32. The lowest BCUT2D eigenvalue weighted by Gasteiger charge is -2.08. The van der Waals surface area contributed by atoms with Crippen LogP contribution in [0.4, 0.5) is 9.80 Å². The summed E-state index contributed by atoms with van der Waals surface area (Å²) in [7, 11) is 0. The molecule has 1 aromatic heterocycles. The second-order valence-corrected chi connectivity index (χ2v) is 7.07. The molecule has 1 heterocycles. The molecule has 140 valence electrons. The van der Waals surface area contributed by atoms with Crippen LogP contribution in [0.5, 0.6) is 0 Å². The van der Waals surface area contributed by atoms with E-state index in [0.717, 1.165) is 35.3 Å². The molecule has 6 nitrogen and oxygen atoms in total. The average Bonchev–Trinajstić information content (AvgIpc) is 3.21. The summed E-state index contributed by atoms with van der Waals surface area (Å²) in [4.78, 5) is 37.5. The number of anilines is 1. The highest BCUT2D eigenvalue weighted by Gasteiger charge is 2.28. The maximum atomic E-state index is 12.6. The van der Waals surface area contributed by atoms with Crippen molar-refractivity contribution in [1.29, 1.82) is 0 Å². The Morgan fingerprint density at radius 3 is 2.70 bits per heavy atom. The first-order valence-electron chi connectivity index (χ1n) is 8.75. The van der Waals surface area contributed by atoms with E-state index in [1.165, 1.54) is 17.4 Å². The number of thiophene rings is 1. The number of fused-ring (bicyclic) bond motifs is 1. The SMILES string of the molecule is CCOC(=O)NC(=O)c1c(NC(=O)/C=C/c2ccccc2)sc2c1CCC2. The Hall–Kier alpha value is -2.93. The minimum Gasteiger partial charge on any atom is -0.450 e. The van der Waals surface area contributed by atoms with Crippen LogP contribution in [0.15, 0.2) is 36.4 Å². The molecule has 2 aromatic rings. The number of imide groups is 1. The van der Waals surface area contributed by atoms with Gasteiger partial charge in [-0.2, -0.15) is 0 Å². The number of amides is 3. The highest BCUT2D eigenvalue weighted by Crippen LogP contribution is 2.39. The molecule has 1 aliphatic carbocycles. The molecule has 3 rings (SSSR count). The van der Waals surface area contributed by atoms with E-state index in [4.69, 9.17) is 4.74 Å². The Bertz CT molecular complexity index is 887. The van der Waals surface area contributed by atoms with Gasteiger partial charge in [0.2, 0.25) is 5.91 Å². The van der Waals surface area contributed by atoms with Crippen molar-refractivity contribution in [2.24, 2.45) is 0 Å². The molecule has 0 bridgehead atoms. The molecule has 0 atom stereocenters. The molecule has 1 aliphatic rings. The van der Waals surface area contributed by atoms with Crippen LogP contribution in [-0.2, 0) is 22.4 Å². The molecule has 0 saturated carbocycles. The molecular formula is C20H20N2O4S. The second kappa shape index (κ2) is 8.64. The van der Waals surface area contributed by atoms with Crippen LogP contribution in [0.3, 0.4) is 0 Å². The number of nitrogens with one attached hydrogen (secondary N) is 2. The summed E-state index contributed by atoms with van der Waals surface area (Å²) in [6.45, 7) is 1.84. The van der Waals surface area contributed by atoms with Gasteiger partial charge in [0.15, 0.2) is 0 Å². The Morgan fingerprint density at radius 1 is 1.19 bits per heavy atom. The van der Waals surface area contributed by atoms with Crippen LogP contribution in [0, 0.1) is 0 Å². The first kappa shape index (κ1) is 18.8. The smallest absolute Gasteiger partial charge is 0.414 e. The van der Waals surface area contributed by atoms with Crippen molar-refractivity contribution < 1.29 is 19.1 Å². The molecule has 0 spiro atoms. The van der Waals surface area contributed by atoms with Gasteiger partial charge in [-0.25, -0.2) is 4.79 Å². The monoisotopic (exact) mass is 384 g/mol. The van der Waals surface area contributed by atoms with E-state index in [1.54, 1.807) is 13.0 Å². The lowest BCUT2D eigenvalue weighted by atomic mass is 10.1. The zero-order valence-electron chi connectivity index (χ0n) is 14.9. The third kappa shape index (κ3) is 4.62. The predicted molar refractivity (Wildman–Crippen MR) is 105 cm³/mol. The zero-order valence-corrected chi connectivity index (χ0v) is 15.7. The summed E-state index contributed by atoms with van der Waals surface area (Å²) < 4.78 is 4.77. The lowest BCUT2D eigenvalue weighted by molar-refractivity contribution is -0.111. The van der Waals surface area contributed by atoms with Gasteiger partial charge < -0.3 is 10.1 Å². The maximum Gasteiger partial charge on any atom is 0.414 e. The predicted octanol–water partition coefficient (Wildman–Crippen LogP) is 3.78. The van der Waals surface area contributed by atoms with Gasteiger partial charge in [0.25, 0.3) is 5.91 Å². The summed E-state index contributed by atoms with van der Waals surface area (Å²) >= 11 is 1.39. The fourth-order valence-corrected chi connectivity index (χ4v) is 4.23. The van der Waals surface area contributed by atoms with E-state index >= 15 is 0 Å². The molecule has 0 aliphatic heterocycles. The van der Waals surface area contributed by atoms with Crippen molar-refractivity contribution in [2.75, 3.05) is 11.9 Å². The molecule has 2 N–H and O–H groups in total. The van der Waals surface area contributed by atoms with Gasteiger partial charge in [-0.05, 0) is 43.4 Å². The number of ether oxygens (including phenoxy) is 1. The van der Waals surface area contributed by atoms with Crippen LogP contribution < -0.4 is 10.6 Å². The third-order valence-corrected chi connectivity index (χ3v) is 5.31. The molecule has 0 radical (unpaired) electrons. The summed E-state index contributed by atoms with van der Waals surface area (Å²) in [6, 6.07) is 9.46. The minimum absolute atomic E-state index is 0.175. The number of rotatable bonds is 5. The standard InChI is InChI=1S/C20H20N2O4S/c1-2-26-20(25)22-18(24)17-14-9-6-10-15(14)27-19(17)21-16(23)12-11-13-7-4-3-5-8-13/h3-5,7-8,11-12H,2,6,9-10H2,1H3,(H,21,23)(H,22,24,25)/b12-11+. The molecule has 7 heteroatoms. The van der Waals surface area contributed by atoms with Gasteiger partial charge in [-0.3, -0.25) is 14.9 Å². The number of aryl methyl sites for hydroxylation is 1. The van der Waals surface area contributed by atoms with E-state index in [2.05, 4.69) is 10.6 Å². The summed E-state index contributed by atoms with van der Waals surface area (Å²) in [6.07, 6.45) is 4.93. The Labute approximate surface area is 161 Å². The maximum absolute atomic E-state index is 12.6. The Morgan fingerprint density at radius 2 is 1.96 bits per heavy atom.